The van der Waals surface area contributed by atoms with Gasteiger partial charge in [0.1, 0.15) is 0 Å². The molecule has 0 spiro atoms. The Kier molecular flexibility index (Phi) is 4.27. The van der Waals surface area contributed by atoms with E-state index >= 15 is 0 Å². The topological polar surface area (TPSA) is 46.8 Å². The molecule has 5 heteroatoms. The summed E-state index contributed by atoms with van der Waals surface area (Å²) in [5.74, 6) is 0.961. The van der Waals surface area contributed by atoms with E-state index in [1.165, 1.54) is 5.52 Å². The molecule has 0 aliphatic carbocycles. The monoisotopic (exact) mass is 327 g/mol. The molecule has 2 aromatic rings. The molecule has 0 saturated carbocycles. The van der Waals surface area contributed by atoms with Crippen LogP contribution in [0.4, 0.5) is 0 Å². The van der Waals surface area contributed by atoms with Crippen molar-refractivity contribution in [2.45, 2.75) is 38.5 Å². The van der Waals surface area contributed by atoms with E-state index in [9.17, 15) is 4.79 Å². The van der Waals surface area contributed by atoms with Crippen molar-refractivity contribution in [1.29, 1.82) is 0 Å². The maximum absolute atomic E-state index is 12.6. The summed E-state index contributed by atoms with van der Waals surface area (Å²) in [4.78, 5) is 19.5. The number of rotatable bonds is 2. The number of piperidine rings is 1. The maximum Gasteiger partial charge on any atom is 0.225 e. The number of carbonyl (C=O) groups excluding carboxylic acids is 1. The number of hydrogen-bond donors (Lipinski definition) is 0. The fourth-order valence-corrected chi connectivity index (χ4v) is 4.03. The molecule has 1 amide bonds. The average Bonchev–Trinajstić information content (AvgIpc) is 3.11. The van der Waals surface area contributed by atoms with Gasteiger partial charge in [-0.05, 0) is 44.7 Å². The highest BCUT2D eigenvalue weighted by Crippen LogP contribution is 2.29. The standard InChI is InChI=1S/C19H25N3O2/c1-14-18-3-2-8-22(18)13-17(20-14)15-4-9-21(10-5-15)19(23)16-6-11-24-12-7-16/h2-3,8,13,15-16H,4-7,9-12H2,1H3. The summed E-state index contributed by atoms with van der Waals surface area (Å²) in [6.45, 7) is 5.24. The van der Waals surface area contributed by atoms with Crippen LogP contribution in [0.25, 0.3) is 5.52 Å². The van der Waals surface area contributed by atoms with Gasteiger partial charge in [0, 0.05) is 50.5 Å². The fraction of sp³-hybridized carbons (Fsp3) is 0.579. The molecule has 2 aliphatic heterocycles. The molecule has 5 nitrogen and oxygen atoms in total. The molecule has 2 saturated heterocycles. The molecular formula is C19H25N3O2. The van der Waals surface area contributed by atoms with Crippen molar-refractivity contribution in [3.8, 4) is 0 Å². The molecule has 4 rings (SSSR count). The molecule has 2 aliphatic rings. The molecule has 24 heavy (non-hydrogen) atoms. The Morgan fingerprint density at radius 2 is 1.96 bits per heavy atom. The number of aromatic nitrogens is 2. The molecule has 2 aromatic heterocycles. The Hall–Kier alpha value is -1.88. The molecular weight excluding hydrogens is 302 g/mol. The lowest BCUT2D eigenvalue weighted by atomic mass is 9.91. The van der Waals surface area contributed by atoms with Gasteiger partial charge in [-0.2, -0.15) is 0 Å². The molecule has 4 heterocycles. The normalized spacial score (nSPS) is 20.6. The first kappa shape index (κ1) is 15.6. The SMILES string of the molecule is Cc1nc(C2CCN(C(=O)C3CCOCC3)CC2)cn2cccc12. The lowest BCUT2D eigenvalue weighted by Crippen LogP contribution is -2.42. The van der Waals surface area contributed by atoms with Gasteiger partial charge in [-0.1, -0.05) is 0 Å². The van der Waals surface area contributed by atoms with E-state index in [4.69, 9.17) is 9.72 Å². The van der Waals surface area contributed by atoms with Crippen LogP contribution in [0.1, 0.15) is 43.0 Å². The molecule has 0 N–H and O–H groups in total. The van der Waals surface area contributed by atoms with Crippen LogP contribution in [0.3, 0.4) is 0 Å². The Bertz CT molecular complexity index is 725. The average molecular weight is 327 g/mol. The first-order valence-corrected chi connectivity index (χ1v) is 9.03. The lowest BCUT2D eigenvalue weighted by molar-refractivity contribution is -0.139. The van der Waals surface area contributed by atoms with Crippen LogP contribution in [0.15, 0.2) is 24.5 Å². The van der Waals surface area contributed by atoms with Crippen molar-refractivity contribution in [2.24, 2.45) is 5.92 Å². The van der Waals surface area contributed by atoms with Crippen LogP contribution >= 0.6 is 0 Å². The van der Waals surface area contributed by atoms with Crippen LogP contribution in [-0.2, 0) is 9.53 Å². The summed E-state index contributed by atoms with van der Waals surface area (Å²) in [7, 11) is 0. The third kappa shape index (κ3) is 2.93. The van der Waals surface area contributed by atoms with Crippen molar-refractivity contribution in [3.05, 3.63) is 35.9 Å². The van der Waals surface area contributed by atoms with E-state index in [1.807, 2.05) is 0 Å². The van der Waals surface area contributed by atoms with E-state index in [2.05, 4.69) is 40.8 Å². The van der Waals surface area contributed by atoms with E-state index in [0.29, 0.717) is 11.8 Å². The molecule has 0 bridgehead atoms. The van der Waals surface area contributed by atoms with Crippen LogP contribution < -0.4 is 0 Å². The number of likely N-dealkylation sites (tertiary alicyclic amines) is 1. The van der Waals surface area contributed by atoms with Gasteiger partial charge >= 0.3 is 0 Å². The Balaban J connectivity index is 1.42. The van der Waals surface area contributed by atoms with Crippen LogP contribution in [0, 0.1) is 12.8 Å². The lowest BCUT2D eigenvalue weighted by Gasteiger charge is -2.35. The second-order valence-electron chi connectivity index (χ2n) is 7.04. The molecule has 0 aromatic carbocycles. The summed E-state index contributed by atoms with van der Waals surface area (Å²) in [5.41, 5.74) is 3.42. The van der Waals surface area contributed by atoms with Crippen molar-refractivity contribution in [3.63, 3.8) is 0 Å². The maximum atomic E-state index is 12.6. The summed E-state index contributed by atoms with van der Waals surface area (Å²) in [6, 6.07) is 4.16. The molecule has 2 fully saturated rings. The van der Waals surface area contributed by atoms with Crippen molar-refractivity contribution in [2.75, 3.05) is 26.3 Å². The van der Waals surface area contributed by atoms with Crippen molar-refractivity contribution >= 4 is 11.4 Å². The number of nitrogens with zero attached hydrogens (tertiary/aromatic N) is 3. The largest absolute Gasteiger partial charge is 0.381 e. The van der Waals surface area contributed by atoms with Gasteiger partial charge < -0.3 is 14.0 Å². The molecule has 0 radical (unpaired) electrons. The number of ether oxygens (including phenoxy) is 1. The van der Waals surface area contributed by atoms with Crippen molar-refractivity contribution < 1.29 is 9.53 Å². The van der Waals surface area contributed by atoms with E-state index in [1.54, 1.807) is 0 Å². The quantitative estimate of drug-likeness (QED) is 0.852. The zero-order valence-electron chi connectivity index (χ0n) is 14.3. The van der Waals surface area contributed by atoms with Gasteiger partial charge in [0.05, 0.1) is 16.9 Å². The van der Waals surface area contributed by atoms with Gasteiger partial charge in [0.15, 0.2) is 0 Å². The second-order valence-corrected chi connectivity index (χ2v) is 7.04. The summed E-state index contributed by atoms with van der Waals surface area (Å²) in [6.07, 6.45) is 8.01. The predicted octanol–water partition coefficient (Wildman–Crippen LogP) is 2.78. The number of hydrogen-bond acceptors (Lipinski definition) is 3. The molecule has 128 valence electrons. The summed E-state index contributed by atoms with van der Waals surface area (Å²) in [5, 5.41) is 0. The minimum Gasteiger partial charge on any atom is -0.381 e. The highest BCUT2D eigenvalue weighted by molar-refractivity contribution is 5.79. The first-order valence-electron chi connectivity index (χ1n) is 9.03. The van der Waals surface area contributed by atoms with Crippen LogP contribution in [0.5, 0.6) is 0 Å². The fourth-order valence-electron chi connectivity index (χ4n) is 4.03. The number of aryl methyl sites for hydroxylation is 1. The number of carbonyl (C=O) groups is 1. The van der Waals surface area contributed by atoms with Gasteiger partial charge in [0.2, 0.25) is 5.91 Å². The Labute approximate surface area is 142 Å². The third-order valence-electron chi connectivity index (χ3n) is 5.51. The summed E-state index contributed by atoms with van der Waals surface area (Å²) < 4.78 is 7.53. The highest BCUT2D eigenvalue weighted by atomic mass is 16.5. The minimum atomic E-state index is 0.173. The van der Waals surface area contributed by atoms with E-state index in [-0.39, 0.29) is 5.92 Å². The zero-order chi connectivity index (χ0) is 16.5. The smallest absolute Gasteiger partial charge is 0.225 e. The van der Waals surface area contributed by atoms with Gasteiger partial charge in [-0.25, -0.2) is 0 Å². The highest BCUT2D eigenvalue weighted by Gasteiger charge is 2.30. The Morgan fingerprint density at radius 3 is 2.71 bits per heavy atom. The van der Waals surface area contributed by atoms with E-state index in [0.717, 1.165) is 63.4 Å². The first-order chi connectivity index (χ1) is 11.7. The molecule has 0 unspecified atom stereocenters. The van der Waals surface area contributed by atoms with Crippen molar-refractivity contribution in [1.82, 2.24) is 14.3 Å². The molecule has 0 atom stereocenters. The number of fused-ring (bicyclic) bond motifs is 1. The second kappa shape index (κ2) is 6.55. The van der Waals surface area contributed by atoms with Crippen LogP contribution in [0.2, 0.25) is 0 Å². The number of amides is 1. The van der Waals surface area contributed by atoms with Crippen LogP contribution in [-0.4, -0.2) is 46.5 Å². The van der Waals surface area contributed by atoms with E-state index < -0.39 is 0 Å². The van der Waals surface area contributed by atoms with Gasteiger partial charge in [-0.3, -0.25) is 9.78 Å². The predicted molar refractivity (Wildman–Crippen MR) is 92.0 cm³/mol. The Morgan fingerprint density at radius 1 is 1.21 bits per heavy atom. The zero-order valence-corrected chi connectivity index (χ0v) is 14.3. The van der Waals surface area contributed by atoms with Gasteiger partial charge in [0.25, 0.3) is 0 Å². The summed E-state index contributed by atoms with van der Waals surface area (Å²) >= 11 is 0. The third-order valence-corrected chi connectivity index (χ3v) is 5.51. The van der Waals surface area contributed by atoms with Gasteiger partial charge in [-0.15, -0.1) is 0 Å². The minimum absolute atomic E-state index is 0.173.